The minimum atomic E-state index is -1.36. The number of carbonyl (C=O) groups is 2. The minimum Gasteiger partial charge on any atom is -0.392 e. The molecular formula is C27H39FN2O6S. The van der Waals surface area contributed by atoms with E-state index in [0.717, 1.165) is 5.01 Å². The predicted molar refractivity (Wildman–Crippen MR) is 140 cm³/mol. The van der Waals surface area contributed by atoms with Gasteiger partial charge in [-0.25, -0.2) is 9.37 Å². The highest BCUT2D eigenvalue weighted by atomic mass is 32.1. The number of aliphatic hydroxyl groups excluding tert-OH is 2. The number of rotatable bonds is 4. The Morgan fingerprint density at radius 2 is 2.05 bits per heavy atom. The summed E-state index contributed by atoms with van der Waals surface area (Å²) < 4.78 is 27.1. The van der Waals surface area contributed by atoms with Gasteiger partial charge in [-0.2, -0.15) is 0 Å². The first kappa shape index (κ1) is 29.6. The lowest BCUT2D eigenvalue weighted by atomic mass is 9.72. The smallest absolute Gasteiger partial charge is 0.223 e. The predicted octanol–water partition coefficient (Wildman–Crippen LogP) is 3.50. The monoisotopic (exact) mass is 538 g/mol. The topological polar surface area (TPSA) is 121 Å². The van der Waals surface area contributed by atoms with Crippen LogP contribution in [0.25, 0.3) is 6.08 Å². The summed E-state index contributed by atoms with van der Waals surface area (Å²) in [4.78, 5) is 30.7. The van der Waals surface area contributed by atoms with Crippen LogP contribution in [-0.4, -0.2) is 69.6 Å². The van der Waals surface area contributed by atoms with Crippen LogP contribution in [0.2, 0.25) is 0 Å². The molecule has 3 heterocycles. The second-order valence-electron chi connectivity index (χ2n) is 10.8. The highest BCUT2D eigenvalue weighted by molar-refractivity contribution is 7.09. The number of Topliss-reactive ketones (excluding diaryl/α,β-unsaturated/α-hetero) is 1. The molecule has 2 aliphatic rings. The van der Waals surface area contributed by atoms with Gasteiger partial charge in [-0.1, -0.05) is 19.9 Å². The molecule has 1 amide bonds. The number of hydrogen-bond acceptors (Lipinski definition) is 8. The summed E-state index contributed by atoms with van der Waals surface area (Å²) in [6, 6.07) is -0.990. The number of aromatic nitrogens is 1. The number of halogens is 1. The van der Waals surface area contributed by atoms with Gasteiger partial charge in [-0.05, 0) is 33.3 Å². The Morgan fingerprint density at radius 3 is 2.68 bits per heavy atom. The Labute approximate surface area is 222 Å². The van der Waals surface area contributed by atoms with Crippen molar-refractivity contribution in [2.75, 3.05) is 6.61 Å². The number of aliphatic hydroxyl groups is 2. The van der Waals surface area contributed by atoms with Gasteiger partial charge in [0.15, 0.2) is 0 Å². The van der Waals surface area contributed by atoms with E-state index in [1.165, 1.54) is 31.3 Å². The fourth-order valence-corrected chi connectivity index (χ4v) is 5.30. The number of allylic oxidation sites excluding steroid dienone is 1. The number of amides is 1. The van der Waals surface area contributed by atoms with Crippen molar-refractivity contribution >= 4 is 29.1 Å². The zero-order valence-electron chi connectivity index (χ0n) is 22.2. The molecule has 2 saturated heterocycles. The third-order valence-corrected chi connectivity index (χ3v) is 8.34. The summed E-state index contributed by atoms with van der Waals surface area (Å²) in [6.07, 6.45) is -0.169. The van der Waals surface area contributed by atoms with Crippen molar-refractivity contribution < 1.29 is 33.7 Å². The van der Waals surface area contributed by atoms with E-state index in [4.69, 9.17) is 9.47 Å². The average molecular weight is 539 g/mol. The molecule has 10 heteroatoms. The van der Waals surface area contributed by atoms with Gasteiger partial charge in [0.05, 0.1) is 64.5 Å². The van der Waals surface area contributed by atoms with Gasteiger partial charge in [0, 0.05) is 24.8 Å². The van der Waals surface area contributed by atoms with E-state index in [2.05, 4.69) is 16.9 Å². The molecule has 0 spiro atoms. The van der Waals surface area contributed by atoms with Crippen molar-refractivity contribution in [3.8, 4) is 0 Å². The highest BCUT2D eigenvalue weighted by Crippen LogP contribution is 2.43. The lowest BCUT2D eigenvalue weighted by molar-refractivity contribution is -0.147. The number of hydrogen-bond donors (Lipinski definition) is 3. The van der Waals surface area contributed by atoms with E-state index in [1.807, 2.05) is 13.8 Å². The number of aryl methyl sites for hydroxylation is 1. The molecule has 0 radical (unpaired) electrons. The Kier molecular flexibility index (Phi) is 9.45. The fraction of sp³-hybridized carbons (Fsp3) is 0.667. The first-order valence-corrected chi connectivity index (χ1v) is 13.6. The van der Waals surface area contributed by atoms with Crippen LogP contribution in [0, 0.1) is 18.3 Å². The van der Waals surface area contributed by atoms with Crippen LogP contribution in [0.3, 0.4) is 0 Å². The third kappa shape index (κ3) is 7.11. The maximum Gasteiger partial charge on any atom is 0.223 e. The number of ether oxygens (including phenoxy) is 2. The Bertz CT molecular complexity index is 1030. The molecule has 2 fully saturated rings. The van der Waals surface area contributed by atoms with Crippen LogP contribution in [0.15, 0.2) is 23.9 Å². The third-order valence-electron chi connectivity index (χ3n) is 7.55. The van der Waals surface area contributed by atoms with Crippen LogP contribution < -0.4 is 5.32 Å². The molecule has 8 nitrogen and oxygen atoms in total. The number of epoxide rings is 1. The van der Waals surface area contributed by atoms with Gasteiger partial charge in [0.1, 0.15) is 11.6 Å². The second-order valence-corrected chi connectivity index (χ2v) is 11.9. The molecule has 3 rings (SSSR count). The first-order valence-electron chi connectivity index (χ1n) is 12.7. The number of nitrogens with zero attached hydrogens (tertiary/aromatic N) is 1. The van der Waals surface area contributed by atoms with E-state index >= 15 is 4.39 Å². The molecule has 2 aliphatic heterocycles. The van der Waals surface area contributed by atoms with Crippen LogP contribution >= 0.6 is 11.3 Å². The summed E-state index contributed by atoms with van der Waals surface area (Å²) in [7, 11) is 0. The highest BCUT2D eigenvalue weighted by Gasteiger charge is 2.53. The summed E-state index contributed by atoms with van der Waals surface area (Å²) in [6.45, 7) is 12.4. The van der Waals surface area contributed by atoms with Crippen LogP contribution in [0.1, 0.15) is 64.1 Å². The van der Waals surface area contributed by atoms with Crippen LogP contribution in [0.5, 0.6) is 0 Å². The Hall–Kier alpha value is -1.98. The molecule has 3 N–H and O–H groups in total. The number of nitrogens with one attached hydrogen (secondary N) is 1. The van der Waals surface area contributed by atoms with E-state index < -0.39 is 65.2 Å². The molecule has 0 unspecified atom stereocenters. The lowest BCUT2D eigenvalue weighted by Gasteiger charge is -2.35. The minimum absolute atomic E-state index is 0.186. The van der Waals surface area contributed by atoms with Crippen LogP contribution in [0.4, 0.5) is 4.39 Å². The van der Waals surface area contributed by atoms with Crippen molar-refractivity contribution in [3.05, 3.63) is 34.6 Å². The van der Waals surface area contributed by atoms with E-state index in [-0.39, 0.29) is 25.6 Å². The van der Waals surface area contributed by atoms with Gasteiger partial charge in [-0.3, -0.25) is 9.59 Å². The van der Waals surface area contributed by atoms with Gasteiger partial charge >= 0.3 is 0 Å². The summed E-state index contributed by atoms with van der Waals surface area (Å²) in [5, 5.41) is 27.1. The number of ketones is 1. The maximum atomic E-state index is 15.4. The molecule has 0 bridgehead atoms. The van der Waals surface area contributed by atoms with Crippen molar-refractivity contribution in [3.63, 3.8) is 0 Å². The standard InChI is InChI=1S/C27H39FN2O6S/c1-7-8-18-24(33)15(2)35-10-9-27(6)22(36-27)12-20(19(28)11-17-14-37-16(3)29-17)30-23(32)13-21(31)26(4,5)25(18)34/h7,11,14-15,18,20-22,24,31,33H,1,8-10,12-13H2,2-6H3,(H,30,32)/t15-,18-,20+,21+,22+,24-,27-/m1/s1. The van der Waals surface area contributed by atoms with Gasteiger partial charge < -0.3 is 25.0 Å². The molecule has 206 valence electrons. The number of carbonyl (C=O) groups excluding carboxylic acids is 2. The second kappa shape index (κ2) is 11.8. The van der Waals surface area contributed by atoms with E-state index in [9.17, 15) is 19.8 Å². The van der Waals surface area contributed by atoms with E-state index in [0.29, 0.717) is 12.1 Å². The molecule has 0 aromatic carbocycles. The van der Waals surface area contributed by atoms with Crippen molar-refractivity contribution in [1.82, 2.24) is 10.3 Å². The molecule has 0 aliphatic carbocycles. The van der Waals surface area contributed by atoms with Gasteiger partial charge in [0.2, 0.25) is 5.91 Å². The zero-order valence-corrected chi connectivity index (χ0v) is 23.0. The van der Waals surface area contributed by atoms with Crippen molar-refractivity contribution in [2.45, 2.75) is 96.4 Å². The normalized spacial score (nSPS) is 35.9. The summed E-state index contributed by atoms with van der Waals surface area (Å²) in [5.41, 5.74) is -1.47. The molecule has 7 atom stereocenters. The Morgan fingerprint density at radius 1 is 1.35 bits per heavy atom. The quantitative estimate of drug-likeness (QED) is 0.396. The van der Waals surface area contributed by atoms with Crippen molar-refractivity contribution in [1.29, 1.82) is 0 Å². The average Bonchev–Trinajstić information content (AvgIpc) is 3.27. The van der Waals surface area contributed by atoms with E-state index in [1.54, 1.807) is 18.4 Å². The molecular weight excluding hydrogens is 499 g/mol. The number of thiazole rings is 1. The molecule has 1 aromatic heterocycles. The van der Waals surface area contributed by atoms with Crippen molar-refractivity contribution in [2.24, 2.45) is 11.3 Å². The SMILES string of the molecule is C=CC[C@H]1C(=O)C(C)(C)[C@@H](O)CC(=O)N[C@H](C(F)=Cc2csc(C)n2)C[C@@H]2O[C@]2(C)CCO[C@H](C)[C@H]1O. The summed E-state index contributed by atoms with van der Waals surface area (Å²) >= 11 is 1.40. The van der Waals surface area contributed by atoms with Crippen LogP contribution in [-0.2, 0) is 19.1 Å². The largest absolute Gasteiger partial charge is 0.392 e. The fourth-order valence-electron chi connectivity index (χ4n) is 4.73. The lowest BCUT2D eigenvalue weighted by Crippen LogP contribution is -2.49. The van der Waals surface area contributed by atoms with Gasteiger partial charge in [0.25, 0.3) is 0 Å². The molecule has 37 heavy (non-hydrogen) atoms. The van der Waals surface area contributed by atoms with Gasteiger partial charge in [-0.15, -0.1) is 17.9 Å². The zero-order chi connectivity index (χ0) is 27.5. The molecule has 1 aromatic rings. The summed E-state index contributed by atoms with van der Waals surface area (Å²) in [5.74, 6) is -2.44. The number of fused-ring (bicyclic) bond motifs is 1. The Balaban J connectivity index is 1.88. The molecule has 0 saturated carbocycles. The maximum absolute atomic E-state index is 15.4. The first-order chi connectivity index (χ1) is 17.3.